The van der Waals surface area contributed by atoms with Gasteiger partial charge in [0.25, 0.3) is 5.69 Å². The molecule has 0 spiro atoms. The summed E-state index contributed by atoms with van der Waals surface area (Å²) in [6.07, 6.45) is 0. The van der Waals surface area contributed by atoms with E-state index in [1.165, 1.54) is 24.3 Å². The lowest BCUT2D eigenvalue weighted by Gasteiger charge is -2.15. The van der Waals surface area contributed by atoms with Crippen molar-refractivity contribution in [2.45, 2.75) is 19.5 Å². The first-order valence-corrected chi connectivity index (χ1v) is 6.39. The first-order valence-electron chi connectivity index (χ1n) is 6.39. The van der Waals surface area contributed by atoms with E-state index in [-0.39, 0.29) is 11.7 Å². The summed E-state index contributed by atoms with van der Waals surface area (Å²) in [6, 6.07) is 9.28. The highest BCUT2D eigenvalue weighted by Crippen LogP contribution is 2.19. The van der Waals surface area contributed by atoms with Gasteiger partial charge in [0.05, 0.1) is 4.92 Å². The Balaban J connectivity index is 2.05. The highest BCUT2D eigenvalue weighted by Gasteiger charge is 2.12. The van der Waals surface area contributed by atoms with Crippen molar-refractivity contribution in [2.24, 2.45) is 0 Å². The molecule has 6 heteroatoms. The minimum absolute atomic E-state index is 0.00918. The topological polar surface area (TPSA) is 55.2 Å². The SMILES string of the molecule is CC(NCc1cccc([N+](=O)[O-])c1)c1ccc(F)cc1F. The molecule has 0 radical (unpaired) electrons. The molecule has 110 valence electrons. The average molecular weight is 292 g/mol. The Morgan fingerprint density at radius 2 is 2.00 bits per heavy atom. The molecule has 0 heterocycles. The number of halogens is 2. The first-order chi connectivity index (χ1) is 9.97. The summed E-state index contributed by atoms with van der Waals surface area (Å²) in [4.78, 5) is 10.2. The summed E-state index contributed by atoms with van der Waals surface area (Å²) in [5.41, 5.74) is 1.08. The van der Waals surface area contributed by atoms with Crippen molar-refractivity contribution in [1.82, 2.24) is 5.32 Å². The summed E-state index contributed by atoms with van der Waals surface area (Å²) in [7, 11) is 0. The zero-order valence-electron chi connectivity index (χ0n) is 11.3. The Morgan fingerprint density at radius 1 is 1.24 bits per heavy atom. The van der Waals surface area contributed by atoms with Crippen LogP contribution < -0.4 is 5.32 Å². The van der Waals surface area contributed by atoms with Crippen LogP contribution >= 0.6 is 0 Å². The van der Waals surface area contributed by atoms with E-state index >= 15 is 0 Å². The molecule has 1 atom stereocenters. The van der Waals surface area contributed by atoms with Crippen molar-refractivity contribution < 1.29 is 13.7 Å². The molecule has 0 saturated carbocycles. The van der Waals surface area contributed by atoms with Crippen molar-refractivity contribution in [2.75, 3.05) is 0 Å². The molecule has 0 saturated heterocycles. The molecule has 1 unspecified atom stereocenters. The normalized spacial score (nSPS) is 12.1. The van der Waals surface area contributed by atoms with Crippen molar-refractivity contribution in [3.8, 4) is 0 Å². The van der Waals surface area contributed by atoms with Gasteiger partial charge in [-0.1, -0.05) is 18.2 Å². The van der Waals surface area contributed by atoms with Gasteiger partial charge in [-0.25, -0.2) is 8.78 Å². The Labute approximate surface area is 120 Å². The van der Waals surface area contributed by atoms with Crippen LogP contribution in [0.3, 0.4) is 0 Å². The second kappa shape index (κ2) is 6.41. The number of hydrogen-bond acceptors (Lipinski definition) is 3. The van der Waals surface area contributed by atoms with Gasteiger partial charge in [0.15, 0.2) is 0 Å². The molecule has 2 aromatic carbocycles. The van der Waals surface area contributed by atoms with E-state index in [1.807, 2.05) is 0 Å². The van der Waals surface area contributed by atoms with Gasteiger partial charge < -0.3 is 5.32 Å². The zero-order chi connectivity index (χ0) is 15.4. The Kier molecular flexibility index (Phi) is 4.59. The van der Waals surface area contributed by atoms with Crippen LogP contribution in [0.15, 0.2) is 42.5 Å². The highest BCUT2D eigenvalue weighted by atomic mass is 19.1. The average Bonchev–Trinajstić information content (AvgIpc) is 2.45. The van der Waals surface area contributed by atoms with Gasteiger partial charge in [-0.3, -0.25) is 10.1 Å². The van der Waals surface area contributed by atoms with E-state index in [2.05, 4.69) is 5.32 Å². The lowest BCUT2D eigenvalue weighted by molar-refractivity contribution is -0.384. The first kappa shape index (κ1) is 15.1. The fraction of sp³-hybridized carbons (Fsp3) is 0.200. The molecule has 0 aliphatic rings. The van der Waals surface area contributed by atoms with E-state index in [0.29, 0.717) is 12.1 Å². The number of benzene rings is 2. The molecule has 0 aliphatic heterocycles. The third kappa shape index (κ3) is 3.82. The fourth-order valence-electron chi connectivity index (χ4n) is 2.01. The highest BCUT2D eigenvalue weighted by molar-refractivity contribution is 5.34. The predicted octanol–water partition coefficient (Wildman–Crippen LogP) is 3.72. The Morgan fingerprint density at radius 3 is 2.67 bits per heavy atom. The van der Waals surface area contributed by atoms with Crippen LogP contribution in [-0.4, -0.2) is 4.92 Å². The molecule has 4 nitrogen and oxygen atoms in total. The van der Waals surface area contributed by atoms with Crippen LogP contribution in [-0.2, 0) is 6.54 Å². The third-order valence-corrected chi connectivity index (χ3v) is 3.16. The maximum Gasteiger partial charge on any atom is 0.269 e. The van der Waals surface area contributed by atoms with Gasteiger partial charge in [0.1, 0.15) is 11.6 Å². The van der Waals surface area contributed by atoms with Crippen LogP contribution in [0, 0.1) is 21.7 Å². The summed E-state index contributed by atoms with van der Waals surface area (Å²) in [6.45, 7) is 2.09. The maximum atomic E-state index is 13.6. The molecule has 21 heavy (non-hydrogen) atoms. The molecular formula is C15H14F2N2O2. The second-order valence-corrected chi connectivity index (χ2v) is 4.70. The molecule has 0 aromatic heterocycles. The summed E-state index contributed by atoms with van der Waals surface area (Å²) >= 11 is 0. The lowest BCUT2D eigenvalue weighted by Crippen LogP contribution is -2.19. The number of non-ortho nitro benzene ring substituents is 1. The van der Waals surface area contributed by atoms with Crippen LogP contribution in [0.2, 0.25) is 0 Å². The smallest absolute Gasteiger partial charge is 0.269 e. The maximum absolute atomic E-state index is 13.6. The largest absolute Gasteiger partial charge is 0.306 e. The molecule has 2 rings (SSSR count). The lowest BCUT2D eigenvalue weighted by atomic mass is 10.1. The standard InChI is InChI=1S/C15H14F2N2O2/c1-10(14-6-5-12(16)8-15(14)17)18-9-11-3-2-4-13(7-11)19(20)21/h2-8,10,18H,9H2,1H3. The molecule has 0 fully saturated rings. The van der Waals surface area contributed by atoms with E-state index < -0.39 is 16.6 Å². The monoisotopic (exact) mass is 292 g/mol. The van der Waals surface area contributed by atoms with Crippen molar-refractivity contribution in [1.29, 1.82) is 0 Å². The van der Waals surface area contributed by atoms with Gasteiger partial charge in [0, 0.05) is 36.3 Å². The van der Waals surface area contributed by atoms with Crippen molar-refractivity contribution in [3.05, 3.63) is 75.3 Å². The number of nitrogens with one attached hydrogen (secondary N) is 1. The molecule has 2 aromatic rings. The third-order valence-electron chi connectivity index (χ3n) is 3.16. The van der Waals surface area contributed by atoms with E-state index in [9.17, 15) is 18.9 Å². The molecular weight excluding hydrogens is 278 g/mol. The van der Waals surface area contributed by atoms with Gasteiger partial charge in [0.2, 0.25) is 0 Å². The van der Waals surface area contributed by atoms with Gasteiger partial charge >= 0.3 is 0 Å². The molecule has 0 amide bonds. The zero-order valence-corrected chi connectivity index (χ0v) is 11.3. The van der Waals surface area contributed by atoms with E-state index in [4.69, 9.17) is 0 Å². The van der Waals surface area contributed by atoms with Crippen molar-refractivity contribution >= 4 is 5.69 Å². The summed E-state index contributed by atoms with van der Waals surface area (Å²) < 4.78 is 26.5. The summed E-state index contributed by atoms with van der Waals surface area (Å²) in [5, 5.41) is 13.7. The van der Waals surface area contributed by atoms with Crippen molar-refractivity contribution in [3.63, 3.8) is 0 Å². The minimum atomic E-state index is -0.623. The van der Waals surface area contributed by atoms with Gasteiger partial charge in [-0.15, -0.1) is 0 Å². The number of nitrogens with zero attached hydrogens (tertiary/aromatic N) is 1. The van der Waals surface area contributed by atoms with Crippen LogP contribution in [0.4, 0.5) is 14.5 Å². The minimum Gasteiger partial charge on any atom is -0.306 e. The number of rotatable bonds is 5. The molecule has 0 bridgehead atoms. The van der Waals surface area contributed by atoms with Crippen LogP contribution in [0.1, 0.15) is 24.1 Å². The van der Waals surface area contributed by atoms with Gasteiger partial charge in [-0.2, -0.15) is 0 Å². The number of nitro benzene ring substituents is 1. The fourth-order valence-corrected chi connectivity index (χ4v) is 2.01. The number of nitro groups is 1. The second-order valence-electron chi connectivity index (χ2n) is 4.70. The molecule has 0 aliphatic carbocycles. The molecule has 1 N–H and O–H groups in total. The Bertz CT molecular complexity index is 662. The van der Waals surface area contributed by atoms with E-state index in [0.717, 1.165) is 11.6 Å². The predicted molar refractivity (Wildman–Crippen MR) is 74.7 cm³/mol. The van der Waals surface area contributed by atoms with Crippen LogP contribution in [0.5, 0.6) is 0 Å². The van der Waals surface area contributed by atoms with Gasteiger partial charge in [-0.05, 0) is 18.6 Å². The number of hydrogen-bond donors (Lipinski definition) is 1. The van der Waals surface area contributed by atoms with Crippen LogP contribution in [0.25, 0.3) is 0 Å². The summed E-state index contributed by atoms with van der Waals surface area (Å²) in [5.74, 6) is -1.24. The quantitative estimate of drug-likeness (QED) is 0.675. The van der Waals surface area contributed by atoms with E-state index in [1.54, 1.807) is 19.1 Å². The Hall–Kier alpha value is -2.34.